The Bertz CT molecular complexity index is 605. The zero-order valence-electron chi connectivity index (χ0n) is 10.9. The summed E-state index contributed by atoms with van der Waals surface area (Å²) in [7, 11) is 0. The number of aryl methyl sites for hydroxylation is 3. The van der Waals surface area contributed by atoms with Crippen LogP contribution in [0.25, 0.3) is 5.82 Å². The van der Waals surface area contributed by atoms with Gasteiger partial charge in [-0.2, -0.15) is 5.10 Å². The number of rotatable bonds is 2. The Kier molecular flexibility index (Phi) is 3.78. The quantitative estimate of drug-likeness (QED) is 0.780. The van der Waals surface area contributed by atoms with Gasteiger partial charge in [-0.1, -0.05) is 0 Å². The summed E-state index contributed by atoms with van der Waals surface area (Å²) in [5.74, 6) is 1.26. The van der Waals surface area contributed by atoms with Gasteiger partial charge in [0.1, 0.15) is 0 Å². The van der Waals surface area contributed by atoms with Crippen LogP contribution in [-0.4, -0.2) is 14.8 Å². The fraction of sp³-hybridized carbons (Fsp3) is 0.385. The van der Waals surface area contributed by atoms with Gasteiger partial charge in [-0.3, -0.25) is 0 Å². The van der Waals surface area contributed by atoms with E-state index in [-0.39, 0.29) is 0 Å². The van der Waals surface area contributed by atoms with E-state index < -0.39 is 0 Å². The number of aromatic nitrogens is 3. The Hall–Kier alpha value is -0.870. The fourth-order valence-electron chi connectivity index (χ4n) is 2.01. The van der Waals surface area contributed by atoms with E-state index in [4.69, 9.17) is 11.6 Å². The third-order valence-electron chi connectivity index (χ3n) is 2.99. The van der Waals surface area contributed by atoms with Crippen molar-refractivity contribution in [1.29, 1.82) is 0 Å². The van der Waals surface area contributed by atoms with Gasteiger partial charge in [0.2, 0.25) is 0 Å². The van der Waals surface area contributed by atoms with Crippen LogP contribution < -0.4 is 0 Å². The Labute approximate surface area is 120 Å². The molecular formula is C13H15BrClN3. The Balaban J connectivity index is 2.73. The highest BCUT2D eigenvalue weighted by Crippen LogP contribution is 2.26. The SMILES string of the molecule is Cc1cc(C)c(CCl)c(-n2nc(C)c(Br)c2C)n1. The molecule has 0 bridgehead atoms. The van der Waals surface area contributed by atoms with Crippen LogP contribution >= 0.6 is 27.5 Å². The highest BCUT2D eigenvalue weighted by molar-refractivity contribution is 9.10. The molecule has 0 radical (unpaired) electrons. The van der Waals surface area contributed by atoms with Crippen LogP contribution in [0.5, 0.6) is 0 Å². The number of hydrogen-bond acceptors (Lipinski definition) is 2. The van der Waals surface area contributed by atoms with Crippen molar-refractivity contribution in [3.63, 3.8) is 0 Å². The van der Waals surface area contributed by atoms with E-state index in [2.05, 4.69) is 32.9 Å². The maximum atomic E-state index is 6.05. The fourth-order valence-corrected chi connectivity index (χ4v) is 2.59. The molecule has 0 fully saturated rings. The second-order valence-corrected chi connectivity index (χ2v) is 5.47. The molecule has 0 aliphatic heterocycles. The second kappa shape index (κ2) is 5.02. The molecule has 96 valence electrons. The lowest BCUT2D eigenvalue weighted by Crippen LogP contribution is -2.08. The minimum atomic E-state index is 0.435. The van der Waals surface area contributed by atoms with E-state index >= 15 is 0 Å². The first-order valence-corrected chi connectivity index (χ1v) is 7.03. The van der Waals surface area contributed by atoms with Gasteiger partial charge in [0, 0.05) is 11.3 Å². The van der Waals surface area contributed by atoms with Crippen LogP contribution in [0.3, 0.4) is 0 Å². The second-order valence-electron chi connectivity index (χ2n) is 4.41. The third kappa shape index (κ3) is 2.19. The first kappa shape index (κ1) is 13.6. The van der Waals surface area contributed by atoms with Gasteiger partial charge in [0.05, 0.1) is 21.7 Å². The lowest BCUT2D eigenvalue weighted by atomic mass is 10.1. The van der Waals surface area contributed by atoms with Crippen LogP contribution in [0.1, 0.15) is 28.2 Å². The lowest BCUT2D eigenvalue weighted by molar-refractivity contribution is 0.790. The molecule has 2 heterocycles. The molecule has 0 saturated heterocycles. The van der Waals surface area contributed by atoms with E-state index in [1.165, 1.54) is 0 Å². The van der Waals surface area contributed by atoms with Crippen molar-refractivity contribution < 1.29 is 0 Å². The molecule has 0 N–H and O–H groups in total. The number of nitrogens with zero attached hydrogens (tertiary/aromatic N) is 3. The molecule has 0 saturated carbocycles. The van der Waals surface area contributed by atoms with Gasteiger partial charge < -0.3 is 0 Å². The minimum absolute atomic E-state index is 0.435. The third-order valence-corrected chi connectivity index (χ3v) is 4.41. The summed E-state index contributed by atoms with van der Waals surface area (Å²) in [6.45, 7) is 8.02. The van der Waals surface area contributed by atoms with Crippen LogP contribution in [0.15, 0.2) is 10.5 Å². The predicted octanol–water partition coefficient (Wildman–Crippen LogP) is 4.00. The molecule has 2 rings (SSSR count). The molecule has 0 aromatic carbocycles. The van der Waals surface area contributed by atoms with Crippen molar-refractivity contribution in [2.75, 3.05) is 0 Å². The molecule has 0 spiro atoms. The van der Waals surface area contributed by atoms with Crippen molar-refractivity contribution in [3.05, 3.63) is 38.7 Å². The molecule has 3 nitrogen and oxygen atoms in total. The van der Waals surface area contributed by atoms with E-state index in [1.54, 1.807) is 0 Å². The highest BCUT2D eigenvalue weighted by atomic mass is 79.9. The molecule has 0 atom stereocenters. The summed E-state index contributed by atoms with van der Waals surface area (Å²) in [5.41, 5.74) is 5.14. The average Bonchev–Trinajstić information content (AvgIpc) is 2.56. The van der Waals surface area contributed by atoms with E-state index in [9.17, 15) is 0 Å². The maximum Gasteiger partial charge on any atom is 0.158 e. The Morgan fingerprint density at radius 2 is 1.94 bits per heavy atom. The molecule has 18 heavy (non-hydrogen) atoms. The van der Waals surface area contributed by atoms with Crippen LogP contribution in [-0.2, 0) is 5.88 Å². The van der Waals surface area contributed by atoms with Gasteiger partial charge in [0.25, 0.3) is 0 Å². The minimum Gasteiger partial charge on any atom is -0.234 e. The summed E-state index contributed by atoms with van der Waals surface area (Å²) in [6.07, 6.45) is 0. The molecule has 5 heteroatoms. The molecule has 0 unspecified atom stereocenters. The maximum absolute atomic E-state index is 6.05. The lowest BCUT2D eigenvalue weighted by Gasteiger charge is -2.12. The molecule has 0 aliphatic carbocycles. The monoisotopic (exact) mass is 327 g/mol. The number of pyridine rings is 1. The van der Waals surface area contributed by atoms with Gasteiger partial charge in [0.15, 0.2) is 5.82 Å². The van der Waals surface area contributed by atoms with E-state index in [1.807, 2.05) is 31.5 Å². The molecule has 0 amide bonds. The highest BCUT2D eigenvalue weighted by Gasteiger charge is 2.16. The van der Waals surface area contributed by atoms with E-state index in [0.29, 0.717) is 5.88 Å². The summed E-state index contributed by atoms with van der Waals surface area (Å²) < 4.78 is 2.88. The molecule has 2 aromatic rings. The van der Waals surface area contributed by atoms with Gasteiger partial charge in [-0.15, -0.1) is 11.6 Å². The number of alkyl halides is 1. The topological polar surface area (TPSA) is 30.7 Å². The standard InChI is InChI=1S/C13H15BrClN3/c1-7-5-8(2)16-13(11(7)6-15)18-10(4)12(14)9(3)17-18/h5H,6H2,1-4H3. The molecule has 2 aromatic heterocycles. The molecular weight excluding hydrogens is 314 g/mol. The number of hydrogen-bond donors (Lipinski definition) is 0. The normalized spacial score (nSPS) is 11.0. The Morgan fingerprint density at radius 3 is 2.44 bits per heavy atom. The first-order valence-electron chi connectivity index (χ1n) is 5.71. The van der Waals surface area contributed by atoms with Crippen LogP contribution in [0.4, 0.5) is 0 Å². The van der Waals surface area contributed by atoms with Crippen molar-refractivity contribution in [2.24, 2.45) is 0 Å². The zero-order valence-corrected chi connectivity index (χ0v) is 13.2. The van der Waals surface area contributed by atoms with Crippen LogP contribution in [0, 0.1) is 27.7 Å². The average molecular weight is 329 g/mol. The number of halogens is 2. The predicted molar refractivity (Wildman–Crippen MR) is 77.6 cm³/mol. The van der Waals surface area contributed by atoms with Crippen molar-refractivity contribution >= 4 is 27.5 Å². The van der Waals surface area contributed by atoms with Crippen molar-refractivity contribution in [3.8, 4) is 5.82 Å². The van der Waals surface area contributed by atoms with Crippen LogP contribution in [0.2, 0.25) is 0 Å². The first-order chi connectivity index (χ1) is 8.45. The van der Waals surface area contributed by atoms with Gasteiger partial charge in [-0.25, -0.2) is 9.67 Å². The smallest absolute Gasteiger partial charge is 0.158 e. The summed E-state index contributed by atoms with van der Waals surface area (Å²) in [5, 5.41) is 4.52. The Morgan fingerprint density at radius 1 is 1.28 bits per heavy atom. The van der Waals surface area contributed by atoms with Crippen molar-refractivity contribution in [1.82, 2.24) is 14.8 Å². The van der Waals surface area contributed by atoms with Gasteiger partial charge >= 0.3 is 0 Å². The zero-order chi connectivity index (χ0) is 13.4. The largest absolute Gasteiger partial charge is 0.234 e. The van der Waals surface area contributed by atoms with E-state index in [0.717, 1.165) is 38.5 Å². The van der Waals surface area contributed by atoms with Gasteiger partial charge in [-0.05, 0) is 55.3 Å². The molecule has 0 aliphatic rings. The summed E-state index contributed by atoms with van der Waals surface area (Å²) >= 11 is 9.58. The summed E-state index contributed by atoms with van der Waals surface area (Å²) in [4.78, 5) is 4.59. The van der Waals surface area contributed by atoms with Crippen molar-refractivity contribution in [2.45, 2.75) is 33.6 Å². The summed E-state index contributed by atoms with van der Waals surface area (Å²) in [6, 6.07) is 2.04.